The van der Waals surface area contributed by atoms with Gasteiger partial charge in [0.15, 0.2) is 11.9 Å². The van der Waals surface area contributed by atoms with Crippen LogP contribution >= 0.6 is 0 Å². The van der Waals surface area contributed by atoms with Crippen LogP contribution in [0.5, 0.6) is 0 Å². The van der Waals surface area contributed by atoms with E-state index < -0.39 is 6.10 Å². The monoisotopic (exact) mass is 388 g/mol. The summed E-state index contributed by atoms with van der Waals surface area (Å²) in [6, 6.07) is 0. The molecule has 4 heteroatoms. The maximum atomic E-state index is 12.9. The SMILES string of the molecule is CCC(=O)OC1C(=O)CC[C@@]2(C)C1CC[C@@H]1[C@H]2CC[C@]2(C)C(=O)CC(CC)[C@@H]12. The molecule has 0 aromatic rings. The summed E-state index contributed by atoms with van der Waals surface area (Å²) in [5, 5.41) is 0. The molecule has 0 aliphatic heterocycles. The van der Waals surface area contributed by atoms with E-state index in [1.165, 1.54) is 0 Å². The molecule has 0 bridgehead atoms. The Labute approximate surface area is 169 Å². The molecule has 4 saturated carbocycles. The van der Waals surface area contributed by atoms with Crippen molar-refractivity contribution in [3.8, 4) is 0 Å². The standard InChI is InChI=1S/C24H36O4/c1-5-14-13-19(26)24(4)11-9-16-15(21(14)24)7-8-17-22(28-20(27)6-2)18(25)10-12-23(16,17)3/h14-17,21-22H,5-13H2,1-4H3/t14?,15-,16-,17?,21+,22?,23-,24-/m1/s1. The van der Waals surface area contributed by atoms with Crippen LogP contribution < -0.4 is 0 Å². The van der Waals surface area contributed by atoms with Gasteiger partial charge in [0.05, 0.1) is 0 Å². The Bertz CT molecular complexity index is 684. The molecule has 4 nitrogen and oxygen atoms in total. The molecular weight excluding hydrogens is 352 g/mol. The van der Waals surface area contributed by atoms with Gasteiger partial charge in [0.25, 0.3) is 0 Å². The summed E-state index contributed by atoms with van der Waals surface area (Å²) in [5.74, 6) is 2.63. The molecule has 4 aliphatic carbocycles. The van der Waals surface area contributed by atoms with Gasteiger partial charge in [-0.1, -0.05) is 34.1 Å². The number of hydrogen-bond acceptors (Lipinski definition) is 4. The lowest BCUT2D eigenvalue weighted by molar-refractivity contribution is -0.182. The average Bonchev–Trinajstić information content (AvgIpc) is 2.94. The summed E-state index contributed by atoms with van der Waals surface area (Å²) >= 11 is 0. The fourth-order valence-corrected chi connectivity index (χ4v) is 7.93. The van der Waals surface area contributed by atoms with Crippen molar-refractivity contribution in [1.82, 2.24) is 0 Å². The van der Waals surface area contributed by atoms with Gasteiger partial charge in [-0.15, -0.1) is 0 Å². The lowest BCUT2D eigenvalue weighted by Gasteiger charge is -2.60. The van der Waals surface area contributed by atoms with Crippen LogP contribution in [0.25, 0.3) is 0 Å². The van der Waals surface area contributed by atoms with E-state index in [0.717, 1.165) is 44.9 Å². The Hall–Kier alpha value is -1.19. The van der Waals surface area contributed by atoms with E-state index in [9.17, 15) is 14.4 Å². The second-order valence-electron chi connectivity index (χ2n) is 10.5. The van der Waals surface area contributed by atoms with Gasteiger partial charge < -0.3 is 4.74 Å². The van der Waals surface area contributed by atoms with E-state index in [0.29, 0.717) is 42.3 Å². The molecule has 3 unspecified atom stereocenters. The zero-order valence-electron chi connectivity index (χ0n) is 18.0. The number of ketones is 2. The van der Waals surface area contributed by atoms with E-state index in [2.05, 4.69) is 20.8 Å². The maximum absolute atomic E-state index is 12.9. The Morgan fingerprint density at radius 3 is 2.50 bits per heavy atom. The summed E-state index contributed by atoms with van der Waals surface area (Å²) in [4.78, 5) is 37.5. The quantitative estimate of drug-likeness (QED) is 0.656. The first-order chi connectivity index (χ1) is 13.3. The molecule has 0 radical (unpaired) electrons. The molecule has 4 aliphatic rings. The van der Waals surface area contributed by atoms with E-state index in [4.69, 9.17) is 4.74 Å². The lowest BCUT2D eigenvalue weighted by Crippen LogP contribution is -2.58. The zero-order valence-corrected chi connectivity index (χ0v) is 18.0. The topological polar surface area (TPSA) is 60.4 Å². The number of Topliss-reactive ketones (excluding diaryl/α,β-unsaturated/α-hetero) is 2. The minimum Gasteiger partial charge on any atom is -0.454 e. The van der Waals surface area contributed by atoms with Gasteiger partial charge in [-0.05, 0) is 61.2 Å². The average molecular weight is 389 g/mol. The first-order valence-electron chi connectivity index (χ1n) is 11.5. The van der Waals surface area contributed by atoms with Crippen LogP contribution in [0.4, 0.5) is 0 Å². The van der Waals surface area contributed by atoms with Gasteiger partial charge in [-0.3, -0.25) is 14.4 Å². The van der Waals surface area contributed by atoms with Crippen LogP contribution in [0.3, 0.4) is 0 Å². The molecule has 156 valence electrons. The van der Waals surface area contributed by atoms with E-state index in [1.807, 2.05) is 0 Å². The molecule has 28 heavy (non-hydrogen) atoms. The first kappa shape index (κ1) is 20.1. The second kappa shape index (κ2) is 6.95. The van der Waals surface area contributed by atoms with Crippen molar-refractivity contribution in [3.63, 3.8) is 0 Å². The molecule has 0 aromatic carbocycles. The van der Waals surface area contributed by atoms with Gasteiger partial charge in [-0.2, -0.15) is 0 Å². The van der Waals surface area contributed by atoms with Crippen LogP contribution in [0.15, 0.2) is 0 Å². The smallest absolute Gasteiger partial charge is 0.306 e. The molecule has 0 spiro atoms. The van der Waals surface area contributed by atoms with Crippen molar-refractivity contribution in [2.24, 2.45) is 40.4 Å². The maximum Gasteiger partial charge on any atom is 0.306 e. The Morgan fingerprint density at radius 2 is 1.82 bits per heavy atom. The molecular formula is C24H36O4. The lowest BCUT2D eigenvalue weighted by atomic mass is 9.44. The predicted octanol–water partition coefficient (Wildman–Crippen LogP) is 4.74. The predicted molar refractivity (Wildman–Crippen MR) is 106 cm³/mol. The van der Waals surface area contributed by atoms with E-state index >= 15 is 0 Å². The molecule has 0 heterocycles. The molecule has 8 atom stereocenters. The third-order valence-corrected chi connectivity index (χ3v) is 9.45. The summed E-state index contributed by atoms with van der Waals surface area (Å²) in [6.45, 7) is 8.61. The number of esters is 1. The van der Waals surface area contributed by atoms with Crippen LogP contribution in [0.2, 0.25) is 0 Å². The third-order valence-electron chi connectivity index (χ3n) is 9.45. The summed E-state index contributed by atoms with van der Waals surface area (Å²) in [7, 11) is 0. The molecule has 0 aromatic heterocycles. The number of hydrogen-bond donors (Lipinski definition) is 0. The van der Waals surface area contributed by atoms with Gasteiger partial charge >= 0.3 is 5.97 Å². The van der Waals surface area contributed by atoms with Crippen LogP contribution in [0, 0.1) is 40.4 Å². The minimum atomic E-state index is -0.548. The summed E-state index contributed by atoms with van der Waals surface area (Å²) in [6.07, 6.45) is 7.14. The van der Waals surface area contributed by atoms with Crippen molar-refractivity contribution >= 4 is 17.5 Å². The van der Waals surface area contributed by atoms with Gasteiger partial charge in [-0.25, -0.2) is 0 Å². The molecule has 4 fully saturated rings. The van der Waals surface area contributed by atoms with Gasteiger partial charge in [0.2, 0.25) is 0 Å². The van der Waals surface area contributed by atoms with Crippen molar-refractivity contribution in [1.29, 1.82) is 0 Å². The van der Waals surface area contributed by atoms with Crippen molar-refractivity contribution in [2.75, 3.05) is 0 Å². The van der Waals surface area contributed by atoms with Crippen molar-refractivity contribution < 1.29 is 19.1 Å². The minimum absolute atomic E-state index is 0.0424. The largest absolute Gasteiger partial charge is 0.454 e. The van der Waals surface area contributed by atoms with E-state index in [1.54, 1.807) is 6.92 Å². The van der Waals surface area contributed by atoms with Crippen LogP contribution in [-0.2, 0) is 19.1 Å². The number of fused-ring (bicyclic) bond motifs is 5. The number of carbonyl (C=O) groups excluding carboxylic acids is 3. The van der Waals surface area contributed by atoms with Crippen molar-refractivity contribution in [2.45, 2.75) is 91.6 Å². The summed E-state index contributed by atoms with van der Waals surface area (Å²) in [5.41, 5.74) is -0.0929. The first-order valence-corrected chi connectivity index (χ1v) is 11.5. The fourth-order valence-electron chi connectivity index (χ4n) is 7.93. The highest BCUT2D eigenvalue weighted by Crippen LogP contribution is 2.66. The number of rotatable bonds is 3. The van der Waals surface area contributed by atoms with Crippen LogP contribution in [-0.4, -0.2) is 23.6 Å². The normalized spacial score (nSPS) is 47.9. The molecule has 0 amide bonds. The highest BCUT2D eigenvalue weighted by Gasteiger charge is 2.64. The second-order valence-corrected chi connectivity index (χ2v) is 10.5. The molecule has 4 rings (SSSR count). The zero-order chi connectivity index (χ0) is 20.3. The van der Waals surface area contributed by atoms with Crippen molar-refractivity contribution in [3.05, 3.63) is 0 Å². The Morgan fingerprint density at radius 1 is 1.07 bits per heavy atom. The Balaban J connectivity index is 1.65. The highest BCUT2D eigenvalue weighted by molar-refractivity contribution is 5.88. The van der Waals surface area contributed by atoms with Crippen LogP contribution in [0.1, 0.15) is 85.5 Å². The fraction of sp³-hybridized carbons (Fsp3) is 0.875. The van der Waals surface area contributed by atoms with Gasteiger partial charge in [0, 0.05) is 30.6 Å². The van der Waals surface area contributed by atoms with E-state index in [-0.39, 0.29) is 28.5 Å². The number of ether oxygens (including phenoxy) is 1. The Kier molecular flexibility index (Phi) is 4.99. The third kappa shape index (κ3) is 2.73. The highest BCUT2D eigenvalue weighted by atomic mass is 16.5. The molecule has 0 N–H and O–H groups in total. The molecule has 0 saturated heterocycles. The van der Waals surface area contributed by atoms with Gasteiger partial charge in [0.1, 0.15) is 5.78 Å². The number of carbonyl (C=O) groups is 3. The summed E-state index contributed by atoms with van der Waals surface area (Å²) < 4.78 is 5.69.